The van der Waals surface area contributed by atoms with Crippen LogP contribution in [-0.2, 0) is 0 Å². The van der Waals surface area contributed by atoms with Crippen molar-refractivity contribution in [3.8, 4) is 0 Å². The minimum atomic E-state index is -1.72. The second-order valence-corrected chi connectivity index (χ2v) is 2.11. The van der Waals surface area contributed by atoms with Gasteiger partial charge in [0.1, 0.15) is 6.20 Å². The van der Waals surface area contributed by atoms with E-state index in [4.69, 9.17) is 10.0 Å². The number of nitro groups is 1. The van der Waals surface area contributed by atoms with Gasteiger partial charge in [-0.15, -0.1) is 0 Å². The second kappa shape index (κ2) is 3.29. The molecule has 0 aromatic carbocycles. The largest absolute Gasteiger partial charge is 0.490 e. The Labute approximate surface area is 67.8 Å². The molecule has 0 amide bonds. The van der Waals surface area contributed by atoms with Crippen LogP contribution in [-0.4, -0.2) is 27.1 Å². The molecule has 0 unspecified atom stereocenters. The molecular weight excluding hydrogens is 163 g/mol. The van der Waals surface area contributed by atoms with Gasteiger partial charge in [-0.1, -0.05) is 0 Å². The molecule has 0 aliphatic heterocycles. The highest BCUT2D eigenvalue weighted by Crippen LogP contribution is 2.04. The molecule has 0 spiro atoms. The summed E-state index contributed by atoms with van der Waals surface area (Å²) >= 11 is 0. The Morgan fingerprint density at radius 2 is 2.17 bits per heavy atom. The third kappa shape index (κ3) is 1.77. The van der Waals surface area contributed by atoms with E-state index in [1.54, 1.807) is 0 Å². The molecule has 0 atom stereocenters. The van der Waals surface area contributed by atoms with Crippen molar-refractivity contribution < 1.29 is 15.0 Å². The fourth-order valence-electron chi connectivity index (χ4n) is 0.686. The Balaban J connectivity index is 3.04. The smallest absolute Gasteiger partial charge is 0.423 e. The maximum atomic E-state index is 10.2. The predicted molar refractivity (Wildman–Crippen MR) is 40.7 cm³/mol. The molecule has 0 saturated heterocycles. The van der Waals surface area contributed by atoms with Gasteiger partial charge in [0.2, 0.25) is 0 Å². The van der Waals surface area contributed by atoms with Gasteiger partial charge >= 0.3 is 7.12 Å². The maximum absolute atomic E-state index is 10.2. The van der Waals surface area contributed by atoms with Gasteiger partial charge < -0.3 is 10.0 Å². The summed E-state index contributed by atoms with van der Waals surface area (Å²) in [5, 5.41) is 27.4. The highest BCUT2D eigenvalue weighted by molar-refractivity contribution is 6.58. The molecule has 0 radical (unpaired) electrons. The quantitative estimate of drug-likeness (QED) is 0.324. The third-order valence-electron chi connectivity index (χ3n) is 1.25. The van der Waals surface area contributed by atoms with E-state index < -0.39 is 12.0 Å². The van der Waals surface area contributed by atoms with E-state index in [-0.39, 0.29) is 11.2 Å². The SMILES string of the molecule is O=[N+]([O-])c1cncc(B(O)O)c1. The molecule has 1 aromatic rings. The van der Waals surface area contributed by atoms with Gasteiger partial charge in [0.25, 0.3) is 5.69 Å². The van der Waals surface area contributed by atoms with Gasteiger partial charge in [0.15, 0.2) is 0 Å². The third-order valence-corrected chi connectivity index (χ3v) is 1.25. The van der Waals surface area contributed by atoms with Crippen molar-refractivity contribution >= 4 is 18.3 Å². The molecule has 1 heterocycles. The van der Waals surface area contributed by atoms with Gasteiger partial charge in [0.05, 0.1) is 4.92 Å². The van der Waals surface area contributed by atoms with Gasteiger partial charge in [0, 0.05) is 17.7 Å². The summed E-state index contributed by atoms with van der Waals surface area (Å²) < 4.78 is 0. The monoisotopic (exact) mass is 168 g/mol. The average molecular weight is 168 g/mol. The van der Waals surface area contributed by atoms with Crippen molar-refractivity contribution in [2.75, 3.05) is 0 Å². The van der Waals surface area contributed by atoms with E-state index in [0.717, 1.165) is 18.5 Å². The first kappa shape index (κ1) is 8.63. The maximum Gasteiger partial charge on any atom is 0.490 e. The molecule has 0 bridgehead atoms. The topological polar surface area (TPSA) is 96.5 Å². The van der Waals surface area contributed by atoms with Crippen LogP contribution in [0.4, 0.5) is 5.69 Å². The van der Waals surface area contributed by atoms with Crippen molar-refractivity contribution in [1.29, 1.82) is 0 Å². The van der Waals surface area contributed by atoms with Crippen molar-refractivity contribution in [3.05, 3.63) is 28.6 Å². The summed E-state index contributed by atoms with van der Waals surface area (Å²) in [7, 11) is -1.72. The number of hydrogen-bond acceptors (Lipinski definition) is 5. The van der Waals surface area contributed by atoms with Gasteiger partial charge in [-0.25, -0.2) is 0 Å². The van der Waals surface area contributed by atoms with Crippen LogP contribution in [0.3, 0.4) is 0 Å². The number of pyridine rings is 1. The zero-order chi connectivity index (χ0) is 9.14. The van der Waals surface area contributed by atoms with E-state index in [1.165, 1.54) is 0 Å². The standard InChI is InChI=1S/C5H5BN2O4/c9-6(10)4-1-5(8(11)12)3-7-2-4/h1-3,9-10H. The molecule has 6 nitrogen and oxygen atoms in total. The molecule has 0 aliphatic carbocycles. The Kier molecular flexibility index (Phi) is 2.36. The van der Waals surface area contributed by atoms with E-state index in [1.807, 2.05) is 0 Å². The Hall–Kier alpha value is -1.47. The van der Waals surface area contributed by atoms with Gasteiger partial charge in [-0.2, -0.15) is 0 Å². The molecule has 12 heavy (non-hydrogen) atoms. The summed E-state index contributed by atoms with van der Waals surface area (Å²) in [4.78, 5) is 13.0. The number of nitrogens with zero attached hydrogens (tertiary/aromatic N) is 2. The van der Waals surface area contributed by atoms with E-state index in [2.05, 4.69) is 4.98 Å². The van der Waals surface area contributed by atoms with Crippen LogP contribution in [0.2, 0.25) is 0 Å². The highest BCUT2D eigenvalue weighted by Gasteiger charge is 2.15. The summed E-state index contributed by atoms with van der Waals surface area (Å²) in [5.41, 5.74) is -0.259. The number of rotatable bonds is 2. The number of aromatic nitrogens is 1. The van der Waals surface area contributed by atoms with Crippen LogP contribution < -0.4 is 5.46 Å². The summed E-state index contributed by atoms with van der Waals surface area (Å²) in [5.74, 6) is 0. The van der Waals surface area contributed by atoms with Crippen molar-refractivity contribution in [1.82, 2.24) is 4.98 Å². The fraction of sp³-hybridized carbons (Fsp3) is 0. The zero-order valence-electron chi connectivity index (χ0n) is 5.91. The Morgan fingerprint density at radius 1 is 1.50 bits per heavy atom. The molecule has 62 valence electrons. The lowest BCUT2D eigenvalue weighted by atomic mass is 9.81. The normalized spacial score (nSPS) is 9.50. The average Bonchev–Trinajstić information content (AvgIpc) is 2.04. The summed E-state index contributed by atoms with van der Waals surface area (Å²) in [6, 6.07) is 1.05. The van der Waals surface area contributed by atoms with Gasteiger partial charge in [-0.3, -0.25) is 15.1 Å². The lowest BCUT2D eigenvalue weighted by Crippen LogP contribution is -2.30. The van der Waals surface area contributed by atoms with Crippen molar-refractivity contribution in [2.24, 2.45) is 0 Å². The minimum Gasteiger partial charge on any atom is -0.423 e. The predicted octanol–water partition coefficient (Wildman–Crippen LogP) is -1.33. The first-order valence-corrected chi connectivity index (χ1v) is 3.06. The Morgan fingerprint density at radius 3 is 2.67 bits per heavy atom. The van der Waals surface area contributed by atoms with Crippen LogP contribution in [0.5, 0.6) is 0 Å². The minimum absolute atomic E-state index is 0.00389. The molecule has 0 fully saturated rings. The zero-order valence-corrected chi connectivity index (χ0v) is 5.91. The van der Waals surface area contributed by atoms with Crippen LogP contribution >= 0.6 is 0 Å². The van der Waals surface area contributed by atoms with Crippen LogP contribution in [0, 0.1) is 10.1 Å². The lowest BCUT2D eigenvalue weighted by molar-refractivity contribution is -0.385. The van der Waals surface area contributed by atoms with Crippen molar-refractivity contribution in [3.63, 3.8) is 0 Å². The van der Waals surface area contributed by atoms with Crippen LogP contribution in [0.25, 0.3) is 0 Å². The Bertz CT molecular complexity index is 303. The van der Waals surface area contributed by atoms with Crippen molar-refractivity contribution in [2.45, 2.75) is 0 Å². The molecule has 1 rings (SSSR count). The molecule has 1 aromatic heterocycles. The molecular formula is C5H5BN2O4. The lowest BCUT2D eigenvalue weighted by Gasteiger charge is -1.96. The highest BCUT2D eigenvalue weighted by atomic mass is 16.6. The molecule has 0 saturated carbocycles. The number of hydrogen-bond donors (Lipinski definition) is 2. The van der Waals surface area contributed by atoms with E-state index in [0.29, 0.717) is 0 Å². The first-order valence-electron chi connectivity index (χ1n) is 3.06. The fourth-order valence-corrected chi connectivity index (χ4v) is 0.686. The van der Waals surface area contributed by atoms with Crippen LogP contribution in [0.1, 0.15) is 0 Å². The molecule has 7 heteroatoms. The molecule has 2 N–H and O–H groups in total. The van der Waals surface area contributed by atoms with E-state index >= 15 is 0 Å². The van der Waals surface area contributed by atoms with Crippen LogP contribution in [0.15, 0.2) is 18.5 Å². The first-order chi connectivity index (χ1) is 5.61. The summed E-state index contributed by atoms with van der Waals surface area (Å²) in [6.07, 6.45) is 2.18. The van der Waals surface area contributed by atoms with E-state index in [9.17, 15) is 10.1 Å². The summed E-state index contributed by atoms with van der Waals surface area (Å²) in [6.45, 7) is 0. The second-order valence-electron chi connectivity index (χ2n) is 2.11. The molecule has 0 aliphatic rings. The van der Waals surface area contributed by atoms with Gasteiger partial charge in [-0.05, 0) is 0 Å².